The van der Waals surface area contributed by atoms with Gasteiger partial charge in [-0.05, 0) is 24.3 Å². The van der Waals surface area contributed by atoms with Crippen LogP contribution in [0.2, 0.25) is 5.02 Å². The average molecular weight is 361 g/mol. The molecule has 132 valence electrons. The summed E-state index contributed by atoms with van der Waals surface area (Å²) in [6.45, 7) is 4.18. The maximum atomic E-state index is 6.09. The van der Waals surface area contributed by atoms with Crippen molar-refractivity contribution in [1.82, 2.24) is 14.9 Å². The Morgan fingerprint density at radius 3 is 2.64 bits per heavy atom. The van der Waals surface area contributed by atoms with E-state index in [0.717, 1.165) is 37.9 Å². The zero-order chi connectivity index (χ0) is 17.5. The maximum absolute atomic E-state index is 6.09. The number of halogens is 1. The summed E-state index contributed by atoms with van der Waals surface area (Å²) in [5, 5.41) is 0.654. The minimum absolute atomic E-state index is 0.457. The molecule has 0 aliphatic carbocycles. The van der Waals surface area contributed by atoms with Crippen LogP contribution in [0.1, 0.15) is 0 Å². The summed E-state index contributed by atoms with van der Waals surface area (Å²) in [5.74, 6) is 2.04. The summed E-state index contributed by atoms with van der Waals surface area (Å²) in [5.41, 5.74) is 6.09. The van der Waals surface area contributed by atoms with Gasteiger partial charge in [0.1, 0.15) is 12.4 Å². The first-order chi connectivity index (χ1) is 12.2. The highest BCUT2D eigenvalue weighted by molar-refractivity contribution is 6.30. The second-order valence-electron chi connectivity index (χ2n) is 5.57. The van der Waals surface area contributed by atoms with Crippen molar-refractivity contribution in [1.29, 1.82) is 0 Å². The fourth-order valence-corrected chi connectivity index (χ4v) is 2.75. The molecule has 8 heteroatoms. The zero-order valence-corrected chi connectivity index (χ0v) is 14.6. The molecule has 7 nitrogen and oxygen atoms in total. The minimum atomic E-state index is 0.457. The minimum Gasteiger partial charge on any atom is -0.492 e. The molecule has 1 aliphatic rings. The number of piperazine rings is 1. The molecule has 1 aromatic heterocycles. The Kier molecular flexibility index (Phi) is 5.90. The third-order valence-electron chi connectivity index (χ3n) is 3.87. The number of nitrogens with two attached hydrogens (primary N) is 1. The SMILES string of the molecule is NC(=NCCOc1cccc(Cl)c1)N1CCN(c2ncccn2)CC1. The van der Waals surface area contributed by atoms with E-state index in [0.29, 0.717) is 24.1 Å². The highest BCUT2D eigenvalue weighted by Gasteiger charge is 2.19. The van der Waals surface area contributed by atoms with Crippen molar-refractivity contribution in [2.75, 3.05) is 44.2 Å². The van der Waals surface area contributed by atoms with Crippen LogP contribution in [0.3, 0.4) is 0 Å². The molecule has 1 aromatic carbocycles. The number of nitrogens with zero attached hydrogens (tertiary/aromatic N) is 5. The van der Waals surface area contributed by atoms with Crippen LogP contribution >= 0.6 is 11.6 Å². The van der Waals surface area contributed by atoms with Gasteiger partial charge in [-0.1, -0.05) is 17.7 Å². The molecule has 0 unspecified atom stereocenters. The van der Waals surface area contributed by atoms with Crippen LogP contribution in [0, 0.1) is 0 Å². The topological polar surface area (TPSA) is 79.9 Å². The Labute approximate surface area is 152 Å². The van der Waals surface area contributed by atoms with E-state index < -0.39 is 0 Å². The monoisotopic (exact) mass is 360 g/mol. The van der Waals surface area contributed by atoms with Crippen LogP contribution < -0.4 is 15.4 Å². The summed E-state index contributed by atoms with van der Waals surface area (Å²) < 4.78 is 5.61. The van der Waals surface area contributed by atoms with E-state index in [1.54, 1.807) is 18.5 Å². The van der Waals surface area contributed by atoms with Crippen LogP contribution in [0.5, 0.6) is 5.75 Å². The van der Waals surface area contributed by atoms with Crippen molar-refractivity contribution in [3.8, 4) is 5.75 Å². The van der Waals surface area contributed by atoms with Crippen LogP contribution in [-0.4, -0.2) is 60.2 Å². The smallest absolute Gasteiger partial charge is 0.225 e. The van der Waals surface area contributed by atoms with E-state index in [1.807, 2.05) is 24.3 Å². The number of aromatic nitrogens is 2. The number of aliphatic imine (C=N–C) groups is 1. The number of benzene rings is 1. The summed E-state index contributed by atoms with van der Waals surface area (Å²) in [7, 11) is 0. The Morgan fingerprint density at radius 2 is 1.92 bits per heavy atom. The van der Waals surface area contributed by atoms with Crippen LogP contribution in [-0.2, 0) is 0 Å². The van der Waals surface area contributed by atoms with Gasteiger partial charge < -0.3 is 20.3 Å². The summed E-state index contributed by atoms with van der Waals surface area (Å²) in [6, 6.07) is 9.12. The molecule has 2 heterocycles. The molecule has 0 radical (unpaired) electrons. The molecule has 3 rings (SSSR count). The van der Waals surface area contributed by atoms with Gasteiger partial charge in [0, 0.05) is 43.6 Å². The van der Waals surface area contributed by atoms with E-state index >= 15 is 0 Å². The zero-order valence-electron chi connectivity index (χ0n) is 13.9. The Morgan fingerprint density at radius 1 is 1.16 bits per heavy atom. The molecule has 0 spiro atoms. The van der Waals surface area contributed by atoms with Crippen molar-refractivity contribution >= 4 is 23.5 Å². The Balaban J connectivity index is 1.42. The molecule has 0 saturated carbocycles. The summed E-state index contributed by atoms with van der Waals surface area (Å²) >= 11 is 5.92. The number of hydrogen-bond acceptors (Lipinski definition) is 5. The number of anilines is 1. The fourth-order valence-electron chi connectivity index (χ4n) is 2.57. The van der Waals surface area contributed by atoms with Gasteiger partial charge in [0.2, 0.25) is 5.95 Å². The van der Waals surface area contributed by atoms with E-state index in [4.69, 9.17) is 22.1 Å². The van der Waals surface area contributed by atoms with Crippen LogP contribution in [0.25, 0.3) is 0 Å². The average Bonchev–Trinajstić information content (AvgIpc) is 2.66. The van der Waals surface area contributed by atoms with Gasteiger partial charge in [0.15, 0.2) is 5.96 Å². The molecule has 1 aliphatic heterocycles. The second-order valence-corrected chi connectivity index (χ2v) is 6.01. The van der Waals surface area contributed by atoms with Crippen molar-refractivity contribution in [3.63, 3.8) is 0 Å². The van der Waals surface area contributed by atoms with Crippen molar-refractivity contribution in [2.24, 2.45) is 10.7 Å². The quantitative estimate of drug-likeness (QED) is 0.496. The summed E-state index contributed by atoms with van der Waals surface area (Å²) in [4.78, 5) is 17.2. The second kappa shape index (κ2) is 8.53. The molecule has 2 aromatic rings. The molecule has 1 fully saturated rings. The lowest BCUT2D eigenvalue weighted by Gasteiger charge is -2.35. The maximum Gasteiger partial charge on any atom is 0.225 e. The van der Waals surface area contributed by atoms with Gasteiger partial charge in [0.25, 0.3) is 0 Å². The molecular weight excluding hydrogens is 340 g/mol. The van der Waals surface area contributed by atoms with E-state index in [2.05, 4.69) is 24.8 Å². The van der Waals surface area contributed by atoms with Gasteiger partial charge in [0.05, 0.1) is 6.54 Å². The first kappa shape index (κ1) is 17.3. The molecule has 0 amide bonds. The van der Waals surface area contributed by atoms with E-state index in [-0.39, 0.29) is 0 Å². The van der Waals surface area contributed by atoms with Crippen molar-refractivity contribution in [2.45, 2.75) is 0 Å². The van der Waals surface area contributed by atoms with Gasteiger partial charge in [-0.2, -0.15) is 0 Å². The third kappa shape index (κ3) is 4.96. The molecule has 0 atom stereocenters. The third-order valence-corrected chi connectivity index (χ3v) is 4.10. The lowest BCUT2D eigenvalue weighted by molar-refractivity contribution is 0.326. The highest BCUT2D eigenvalue weighted by Crippen LogP contribution is 2.16. The molecule has 2 N–H and O–H groups in total. The molecule has 1 saturated heterocycles. The standard InChI is InChI=1S/C17H21ClN6O/c18-14-3-1-4-15(13-14)25-12-7-20-16(19)23-8-10-24(11-9-23)17-21-5-2-6-22-17/h1-6,13H,7-12H2,(H2,19,20). The van der Waals surface area contributed by atoms with Gasteiger partial charge in [-0.3, -0.25) is 0 Å². The fraction of sp³-hybridized carbons (Fsp3) is 0.353. The number of hydrogen-bond donors (Lipinski definition) is 1. The Bertz CT molecular complexity index is 703. The lowest BCUT2D eigenvalue weighted by Crippen LogP contribution is -2.51. The number of ether oxygens (including phenoxy) is 1. The largest absolute Gasteiger partial charge is 0.492 e. The van der Waals surface area contributed by atoms with Crippen molar-refractivity contribution < 1.29 is 4.74 Å². The first-order valence-electron chi connectivity index (χ1n) is 8.17. The highest BCUT2D eigenvalue weighted by atomic mass is 35.5. The predicted octanol–water partition coefficient (Wildman–Crippen LogP) is 1.65. The normalized spacial score (nSPS) is 15.3. The van der Waals surface area contributed by atoms with E-state index in [9.17, 15) is 0 Å². The molecular formula is C17H21ClN6O. The number of guanidine groups is 1. The van der Waals surface area contributed by atoms with Gasteiger partial charge in [-0.25, -0.2) is 15.0 Å². The first-order valence-corrected chi connectivity index (χ1v) is 8.55. The van der Waals surface area contributed by atoms with Gasteiger partial charge >= 0.3 is 0 Å². The number of rotatable bonds is 5. The van der Waals surface area contributed by atoms with Crippen molar-refractivity contribution in [3.05, 3.63) is 47.7 Å². The van der Waals surface area contributed by atoms with Crippen LogP contribution in [0.4, 0.5) is 5.95 Å². The molecule has 0 bridgehead atoms. The van der Waals surface area contributed by atoms with E-state index in [1.165, 1.54) is 0 Å². The molecule has 25 heavy (non-hydrogen) atoms. The predicted molar refractivity (Wildman–Crippen MR) is 99.3 cm³/mol. The van der Waals surface area contributed by atoms with Crippen LogP contribution in [0.15, 0.2) is 47.7 Å². The summed E-state index contributed by atoms with van der Waals surface area (Å²) in [6.07, 6.45) is 3.51. The Hall–Kier alpha value is -2.54. The van der Waals surface area contributed by atoms with Gasteiger partial charge in [-0.15, -0.1) is 0 Å². The lowest BCUT2D eigenvalue weighted by atomic mass is 10.3.